The van der Waals surface area contributed by atoms with Crippen molar-refractivity contribution in [1.82, 2.24) is 4.90 Å². The van der Waals surface area contributed by atoms with Crippen LogP contribution in [0.2, 0.25) is 0 Å². The van der Waals surface area contributed by atoms with Gasteiger partial charge in [-0.1, -0.05) is 18.2 Å². The van der Waals surface area contributed by atoms with Crippen LogP contribution in [0, 0.1) is 5.82 Å². The number of Topliss-reactive ketones (excluding diaryl/α,β-unsaturated/α-hetero) is 1. The Hall–Kier alpha value is -2.69. The van der Waals surface area contributed by atoms with E-state index in [1.54, 1.807) is 49.5 Å². The Morgan fingerprint density at radius 2 is 1.76 bits per heavy atom. The van der Waals surface area contributed by atoms with Gasteiger partial charge in [0.15, 0.2) is 5.78 Å². The van der Waals surface area contributed by atoms with Crippen molar-refractivity contribution in [2.24, 2.45) is 0 Å². The zero-order chi connectivity index (χ0) is 18.2. The fourth-order valence-electron chi connectivity index (χ4n) is 2.36. The van der Waals surface area contributed by atoms with Gasteiger partial charge in [-0.05, 0) is 43.7 Å². The number of amides is 1. The zero-order valence-corrected chi connectivity index (χ0v) is 14.5. The highest BCUT2D eigenvalue weighted by molar-refractivity contribution is 5.94. The predicted octanol–water partition coefficient (Wildman–Crippen LogP) is 3.85. The standard InChI is InChI=1S/C20H22FNO3/c1-15(23)16-9-11-18(12-10-16)25-13-5-8-20(24)22(2)14-17-6-3-4-7-19(17)21/h3-4,6-7,9-12H,5,8,13-14H2,1-2H3. The topological polar surface area (TPSA) is 46.6 Å². The molecule has 5 heteroatoms. The second-order valence-electron chi connectivity index (χ2n) is 5.87. The molecule has 0 radical (unpaired) electrons. The summed E-state index contributed by atoms with van der Waals surface area (Å²) >= 11 is 0. The van der Waals surface area contributed by atoms with Crippen molar-refractivity contribution in [2.45, 2.75) is 26.3 Å². The molecule has 0 fully saturated rings. The summed E-state index contributed by atoms with van der Waals surface area (Å²) in [6.07, 6.45) is 0.894. The van der Waals surface area contributed by atoms with Crippen molar-refractivity contribution in [2.75, 3.05) is 13.7 Å². The van der Waals surface area contributed by atoms with Gasteiger partial charge < -0.3 is 9.64 Å². The van der Waals surface area contributed by atoms with E-state index in [2.05, 4.69) is 0 Å². The second kappa shape index (κ2) is 8.97. The van der Waals surface area contributed by atoms with Crippen LogP contribution in [-0.2, 0) is 11.3 Å². The van der Waals surface area contributed by atoms with E-state index in [4.69, 9.17) is 4.74 Å². The Bertz CT molecular complexity index is 728. The SMILES string of the molecule is CC(=O)c1ccc(OCCCC(=O)N(C)Cc2ccccc2F)cc1. The lowest BCUT2D eigenvalue weighted by molar-refractivity contribution is -0.130. The first-order chi connectivity index (χ1) is 12.0. The summed E-state index contributed by atoms with van der Waals surface area (Å²) in [5.74, 6) is 0.311. The van der Waals surface area contributed by atoms with E-state index in [0.717, 1.165) is 0 Å². The third-order valence-corrected chi connectivity index (χ3v) is 3.86. The molecule has 0 N–H and O–H groups in total. The van der Waals surface area contributed by atoms with Crippen LogP contribution in [0.3, 0.4) is 0 Å². The van der Waals surface area contributed by atoms with Gasteiger partial charge >= 0.3 is 0 Å². The minimum absolute atomic E-state index is 0.00929. The number of benzene rings is 2. The average Bonchev–Trinajstić information content (AvgIpc) is 2.60. The van der Waals surface area contributed by atoms with Crippen molar-refractivity contribution >= 4 is 11.7 Å². The molecule has 0 unspecified atom stereocenters. The van der Waals surface area contributed by atoms with Crippen molar-refractivity contribution in [3.8, 4) is 5.75 Å². The maximum absolute atomic E-state index is 13.6. The van der Waals surface area contributed by atoms with E-state index in [-0.39, 0.29) is 24.1 Å². The maximum Gasteiger partial charge on any atom is 0.222 e. The molecule has 0 aliphatic heterocycles. The molecule has 2 aromatic rings. The van der Waals surface area contributed by atoms with Crippen molar-refractivity contribution in [3.63, 3.8) is 0 Å². The van der Waals surface area contributed by atoms with E-state index >= 15 is 0 Å². The Morgan fingerprint density at radius 1 is 1.08 bits per heavy atom. The lowest BCUT2D eigenvalue weighted by Crippen LogP contribution is -2.26. The highest BCUT2D eigenvalue weighted by Crippen LogP contribution is 2.14. The molecule has 2 rings (SSSR count). The summed E-state index contributed by atoms with van der Waals surface area (Å²) in [5, 5.41) is 0. The van der Waals surface area contributed by atoms with Crippen LogP contribution in [-0.4, -0.2) is 30.2 Å². The van der Waals surface area contributed by atoms with Crippen molar-refractivity contribution < 1.29 is 18.7 Å². The molecule has 0 aromatic heterocycles. The number of halogens is 1. The predicted molar refractivity (Wildman–Crippen MR) is 94.0 cm³/mol. The van der Waals surface area contributed by atoms with Gasteiger partial charge in [0, 0.05) is 31.1 Å². The largest absolute Gasteiger partial charge is 0.494 e. The van der Waals surface area contributed by atoms with E-state index in [1.807, 2.05) is 0 Å². The van der Waals surface area contributed by atoms with Gasteiger partial charge in [-0.15, -0.1) is 0 Å². The van der Waals surface area contributed by atoms with Crippen molar-refractivity contribution in [1.29, 1.82) is 0 Å². The van der Waals surface area contributed by atoms with E-state index in [9.17, 15) is 14.0 Å². The summed E-state index contributed by atoms with van der Waals surface area (Å²) in [6, 6.07) is 13.3. The van der Waals surface area contributed by atoms with Crippen LogP contribution in [0.1, 0.15) is 35.7 Å². The molecule has 0 saturated carbocycles. The molecule has 4 nitrogen and oxygen atoms in total. The summed E-state index contributed by atoms with van der Waals surface area (Å²) in [5.41, 5.74) is 1.14. The van der Waals surface area contributed by atoms with Crippen LogP contribution in [0.5, 0.6) is 5.75 Å². The van der Waals surface area contributed by atoms with Crippen LogP contribution >= 0.6 is 0 Å². The number of nitrogens with zero attached hydrogens (tertiary/aromatic N) is 1. The fraction of sp³-hybridized carbons (Fsp3) is 0.300. The summed E-state index contributed by atoms with van der Waals surface area (Å²) < 4.78 is 19.2. The molecule has 0 heterocycles. The molecule has 0 atom stereocenters. The Labute approximate surface area is 147 Å². The lowest BCUT2D eigenvalue weighted by atomic mass is 10.1. The Kier molecular flexibility index (Phi) is 6.69. The average molecular weight is 343 g/mol. The number of rotatable bonds is 8. The Morgan fingerprint density at radius 3 is 2.40 bits per heavy atom. The molecule has 0 bridgehead atoms. The third-order valence-electron chi connectivity index (χ3n) is 3.86. The highest BCUT2D eigenvalue weighted by Gasteiger charge is 2.11. The summed E-state index contributed by atoms with van der Waals surface area (Å²) in [4.78, 5) is 24.8. The van der Waals surface area contributed by atoms with Crippen molar-refractivity contribution in [3.05, 3.63) is 65.5 Å². The van der Waals surface area contributed by atoms with Crippen LogP contribution < -0.4 is 4.74 Å². The van der Waals surface area contributed by atoms with Crippen LogP contribution in [0.15, 0.2) is 48.5 Å². The van der Waals surface area contributed by atoms with Gasteiger partial charge in [-0.25, -0.2) is 4.39 Å². The van der Waals surface area contributed by atoms with Gasteiger partial charge in [0.05, 0.1) is 6.61 Å². The quantitative estimate of drug-likeness (QED) is 0.540. The minimum Gasteiger partial charge on any atom is -0.494 e. The van der Waals surface area contributed by atoms with Gasteiger partial charge in [0.2, 0.25) is 5.91 Å². The first-order valence-electron chi connectivity index (χ1n) is 8.18. The normalized spacial score (nSPS) is 10.4. The first kappa shape index (κ1) is 18.6. The molecule has 25 heavy (non-hydrogen) atoms. The lowest BCUT2D eigenvalue weighted by Gasteiger charge is -2.17. The Balaban J connectivity index is 1.72. The molecule has 0 aliphatic rings. The zero-order valence-electron chi connectivity index (χ0n) is 14.5. The monoisotopic (exact) mass is 343 g/mol. The van der Waals surface area contributed by atoms with Gasteiger partial charge in [-0.2, -0.15) is 0 Å². The smallest absolute Gasteiger partial charge is 0.222 e. The molecule has 132 valence electrons. The van der Waals surface area contributed by atoms with E-state index in [1.165, 1.54) is 17.9 Å². The van der Waals surface area contributed by atoms with Gasteiger partial charge in [0.25, 0.3) is 0 Å². The number of ether oxygens (including phenoxy) is 1. The van der Waals surface area contributed by atoms with E-state index in [0.29, 0.717) is 36.3 Å². The highest BCUT2D eigenvalue weighted by atomic mass is 19.1. The molecule has 0 saturated heterocycles. The number of ketones is 1. The first-order valence-corrected chi connectivity index (χ1v) is 8.18. The van der Waals surface area contributed by atoms with Crippen LogP contribution in [0.4, 0.5) is 4.39 Å². The summed E-state index contributed by atoms with van der Waals surface area (Å²) in [7, 11) is 1.66. The number of carbonyl (C=O) groups excluding carboxylic acids is 2. The number of hydrogen-bond acceptors (Lipinski definition) is 3. The molecule has 0 aliphatic carbocycles. The van der Waals surface area contributed by atoms with Gasteiger partial charge in [0.1, 0.15) is 11.6 Å². The van der Waals surface area contributed by atoms with Gasteiger partial charge in [-0.3, -0.25) is 9.59 Å². The third kappa shape index (κ3) is 5.71. The molecule has 0 spiro atoms. The second-order valence-corrected chi connectivity index (χ2v) is 5.87. The van der Waals surface area contributed by atoms with Crippen LogP contribution in [0.25, 0.3) is 0 Å². The summed E-state index contributed by atoms with van der Waals surface area (Å²) in [6.45, 7) is 2.16. The van der Waals surface area contributed by atoms with E-state index < -0.39 is 0 Å². The maximum atomic E-state index is 13.6. The molecule has 2 aromatic carbocycles. The molecule has 1 amide bonds. The molecular formula is C20H22FNO3. The number of hydrogen-bond donors (Lipinski definition) is 0. The molecular weight excluding hydrogens is 321 g/mol. The minimum atomic E-state index is -0.306. The fourth-order valence-corrected chi connectivity index (χ4v) is 2.36. The number of carbonyl (C=O) groups is 2.